The first kappa shape index (κ1) is 15.5. The highest BCUT2D eigenvalue weighted by atomic mass is 28.4. The second kappa shape index (κ2) is 8.62. The van der Waals surface area contributed by atoms with Crippen LogP contribution in [0, 0.1) is 0 Å². The first-order chi connectivity index (χ1) is 5.74. The summed E-state index contributed by atoms with van der Waals surface area (Å²) in [6, 6.07) is 0.921. The maximum atomic E-state index is 5.28. The molecule has 0 N–H and O–H groups in total. The predicted molar refractivity (Wildman–Crippen MR) is 53.6 cm³/mol. The van der Waals surface area contributed by atoms with Gasteiger partial charge in [0, 0.05) is 27.4 Å². The highest BCUT2D eigenvalue weighted by Gasteiger charge is 2.36. The van der Waals surface area contributed by atoms with Crippen LogP contribution in [0.3, 0.4) is 0 Å². The van der Waals surface area contributed by atoms with E-state index in [-0.39, 0.29) is 4.70 Å². The molecular weight excluding hydrogens is 191 g/mol. The number of rotatable bonds is 7. The Balaban J connectivity index is 0. The lowest BCUT2D eigenvalue weighted by molar-refractivity contribution is 0.123. The van der Waals surface area contributed by atoms with Crippen LogP contribution in [-0.2, 0) is 13.3 Å². The number of hydrogen-bond donors (Lipinski definition) is 0. The van der Waals surface area contributed by atoms with Crippen molar-refractivity contribution in [2.75, 3.05) is 21.3 Å². The Morgan fingerprint density at radius 3 is 1.69 bits per heavy atom. The van der Waals surface area contributed by atoms with E-state index in [1.807, 2.05) is 0 Å². The molecule has 0 fully saturated rings. The molecule has 82 valence electrons. The van der Waals surface area contributed by atoms with Gasteiger partial charge in [-0.2, -0.15) is 0 Å². The molecule has 0 aliphatic rings. The fourth-order valence-electron chi connectivity index (χ4n) is 1.15. The van der Waals surface area contributed by atoms with E-state index in [4.69, 9.17) is 13.3 Å². The van der Waals surface area contributed by atoms with Gasteiger partial charge in [-0.15, -0.1) is 0 Å². The van der Waals surface area contributed by atoms with Crippen molar-refractivity contribution in [3.05, 3.63) is 0 Å². The van der Waals surface area contributed by atoms with Crippen molar-refractivity contribution in [3.8, 4) is 0 Å². The highest BCUT2D eigenvalue weighted by Crippen LogP contribution is 2.16. The van der Waals surface area contributed by atoms with E-state index in [1.54, 1.807) is 21.3 Å². The molecule has 0 spiro atoms. The van der Waals surface area contributed by atoms with Crippen LogP contribution in [0.1, 0.15) is 26.2 Å². The molecule has 0 saturated carbocycles. The molecule has 3 nitrogen and oxygen atoms in total. The van der Waals surface area contributed by atoms with E-state index in [0.717, 1.165) is 12.5 Å². The lowest BCUT2D eigenvalue weighted by atomic mass is 10.3. The molecule has 0 aromatic heterocycles. The van der Waals surface area contributed by atoms with Gasteiger partial charge in [-0.1, -0.05) is 19.8 Å². The van der Waals surface area contributed by atoms with Gasteiger partial charge in [0.15, 0.2) is 0 Å². The van der Waals surface area contributed by atoms with Crippen LogP contribution < -0.4 is 0 Å². The Morgan fingerprint density at radius 2 is 1.38 bits per heavy atom. The molecule has 0 aromatic carbocycles. The van der Waals surface area contributed by atoms with Crippen LogP contribution in [-0.4, -0.2) is 30.1 Å². The summed E-state index contributed by atoms with van der Waals surface area (Å²) < 4.78 is 15.8. The van der Waals surface area contributed by atoms with Gasteiger partial charge in [-0.05, 0) is 6.42 Å². The molecular formula is C8H21FO3Si. The summed E-state index contributed by atoms with van der Waals surface area (Å²) in [7, 11) is 2.72. The summed E-state index contributed by atoms with van der Waals surface area (Å²) in [6.45, 7) is 2.18. The summed E-state index contributed by atoms with van der Waals surface area (Å²) in [5.41, 5.74) is 0. The largest absolute Gasteiger partial charge is 0.500 e. The van der Waals surface area contributed by atoms with E-state index in [1.165, 1.54) is 12.8 Å². The molecule has 0 aromatic rings. The Morgan fingerprint density at radius 1 is 0.923 bits per heavy atom. The molecule has 0 unspecified atom stereocenters. The highest BCUT2D eigenvalue weighted by molar-refractivity contribution is 6.60. The minimum Gasteiger partial charge on any atom is -0.377 e. The molecule has 5 heteroatoms. The molecule has 0 rings (SSSR count). The van der Waals surface area contributed by atoms with E-state index in [2.05, 4.69) is 6.92 Å². The van der Waals surface area contributed by atoms with Gasteiger partial charge in [-0.3, -0.25) is 4.70 Å². The monoisotopic (exact) mass is 212 g/mol. The van der Waals surface area contributed by atoms with Crippen molar-refractivity contribution in [3.63, 3.8) is 0 Å². The maximum absolute atomic E-state index is 5.28. The quantitative estimate of drug-likeness (QED) is 0.478. The van der Waals surface area contributed by atoms with Crippen LogP contribution in [0.2, 0.25) is 6.04 Å². The van der Waals surface area contributed by atoms with Crippen LogP contribution >= 0.6 is 0 Å². The summed E-state index contributed by atoms with van der Waals surface area (Å²) >= 11 is 0. The summed E-state index contributed by atoms with van der Waals surface area (Å²) in [6.07, 6.45) is 3.55. The molecule has 13 heavy (non-hydrogen) atoms. The molecule has 0 radical (unpaired) electrons. The van der Waals surface area contributed by atoms with Crippen molar-refractivity contribution < 1.29 is 18.0 Å². The zero-order chi connectivity index (χ0) is 9.45. The molecule has 0 heterocycles. The van der Waals surface area contributed by atoms with E-state index >= 15 is 0 Å². The number of hydrogen-bond acceptors (Lipinski definition) is 3. The fraction of sp³-hybridized carbons (Fsp3) is 1.00. The van der Waals surface area contributed by atoms with Gasteiger partial charge in [-0.25, -0.2) is 0 Å². The average molecular weight is 212 g/mol. The summed E-state index contributed by atoms with van der Waals surface area (Å²) in [4.78, 5) is 0. The maximum Gasteiger partial charge on any atom is 0.500 e. The van der Waals surface area contributed by atoms with Crippen LogP contribution in [0.4, 0.5) is 4.70 Å². The predicted octanol–water partition coefficient (Wildman–Crippen LogP) is 2.21. The van der Waals surface area contributed by atoms with Gasteiger partial charge in [0.1, 0.15) is 0 Å². The molecule has 0 aliphatic heterocycles. The lowest BCUT2D eigenvalue weighted by Gasteiger charge is -2.23. The Bertz CT molecular complexity index is 101. The smallest absolute Gasteiger partial charge is 0.377 e. The third kappa shape index (κ3) is 5.35. The first-order valence-corrected chi connectivity index (χ1v) is 6.33. The first-order valence-electron chi connectivity index (χ1n) is 4.40. The third-order valence-electron chi connectivity index (χ3n) is 2.02. The molecule has 0 amide bonds. The van der Waals surface area contributed by atoms with Gasteiger partial charge in [0.05, 0.1) is 0 Å². The molecule has 0 atom stereocenters. The second-order valence-electron chi connectivity index (χ2n) is 2.75. The minimum absolute atomic E-state index is 0. The van der Waals surface area contributed by atoms with Gasteiger partial charge in [0.25, 0.3) is 0 Å². The van der Waals surface area contributed by atoms with Gasteiger partial charge >= 0.3 is 8.80 Å². The van der Waals surface area contributed by atoms with E-state index in [0.29, 0.717) is 0 Å². The topological polar surface area (TPSA) is 27.7 Å². The minimum atomic E-state index is -2.25. The Labute approximate surface area is 81.1 Å². The van der Waals surface area contributed by atoms with Gasteiger partial charge in [0.2, 0.25) is 0 Å². The SMILES string of the molecule is CCCCC[Si](OC)(OC)OC.F. The third-order valence-corrected chi connectivity index (χ3v) is 4.85. The normalized spacial score (nSPS) is 11.1. The number of unbranched alkanes of at least 4 members (excludes halogenated alkanes) is 2. The zero-order valence-corrected chi connectivity index (χ0v) is 9.96. The summed E-state index contributed by atoms with van der Waals surface area (Å²) in [5.74, 6) is 0. The fourth-order valence-corrected chi connectivity index (χ4v) is 2.94. The van der Waals surface area contributed by atoms with Crippen molar-refractivity contribution in [1.29, 1.82) is 0 Å². The summed E-state index contributed by atoms with van der Waals surface area (Å²) in [5, 5.41) is 0. The van der Waals surface area contributed by atoms with Crippen molar-refractivity contribution in [1.82, 2.24) is 0 Å². The number of halogens is 1. The zero-order valence-electron chi connectivity index (χ0n) is 8.96. The average Bonchev–Trinajstić information content (AvgIpc) is 2.14. The molecule has 0 bridgehead atoms. The second-order valence-corrected chi connectivity index (χ2v) is 5.84. The lowest BCUT2D eigenvalue weighted by Crippen LogP contribution is -2.42. The van der Waals surface area contributed by atoms with Crippen molar-refractivity contribution in [2.24, 2.45) is 0 Å². The van der Waals surface area contributed by atoms with Crippen molar-refractivity contribution >= 4 is 8.80 Å². The van der Waals surface area contributed by atoms with E-state index < -0.39 is 8.80 Å². The standard InChI is InChI=1S/C8H20O3Si.FH/c1-5-6-7-8-12(9-2,10-3)11-4;/h5-8H2,1-4H3;1H. The van der Waals surface area contributed by atoms with Crippen LogP contribution in [0.15, 0.2) is 0 Å². The molecule has 0 saturated heterocycles. The Hall–Kier alpha value is 0.0269. The Kier molecular flexibility index (Phi) is 10.3. The van der Waals surface area contributed by atoms with Gasteiger partial charge < -0.3 is 13.3 Å². The van der Waals surface area contributed by atoms with Crippen LogP contribution in [0.25, 0.3) is 0 Å². The van der Waals surface area contributed by atoms with E-state index in [9.17, 15) is 0 Å². The van der Waals surface area contributed by atoms with Crippen molar-refractivity contribution in [2.45, 2.75) is 32.2 Å². The van der Waals surface area contributed by atoms with Crippen LogP contribution in [0.5, 0.6) is 0 Å². The molecule has 0 aliphatic carbocycles.